The minimum atomic E-state index is -0.489. The number of carbonyl (C=O) groups is 2. The van der Waals surface area contributed by atoms with E-state index in [2.05, 4.69) is 5.32 Å². The first-order valence-electron chi connectivity index (χ1n) is 8.33. The van der Waals surface area contributed by atoms with Gasteiger partial charge in [0.15, 0.2) is 0 Å². The molecule has 1 saturated heterocycles. The van der Waals surface area contributed by atoms with E-state index in [1.54, 1.807) is 0 Å². The second kappa shape index (κ2) is 4.47. The minimum Gasteiger partial charge on any atom is -0.342 e. The average Bonchev–Trinajstić information content (AvgIpc) is 3.35. The van der Waals surface area contributed by atoms with Crippen molar-refractivity contribution in [3.8, 4) is 0 Å². The van der Waals surface area contributed by atoms with Crippen molar-refractivity contribution in [2.45, 2.75) is 69.4 Å². The summed E-state index contributed by atoms with van der Waals surface area (Å²) in [6, 6.07) is -0.215. The fourth-order valence-electron chi connectivity index (χ4n) is 4.09. The second-order valence-corrected chi connectivity index (χ2v) is 7.25. The van der Waals surface area contributed by atoms with E-state index in [1.165, 1.54) is 12.8 Å². The largest absolute Gasteiger partial charge is 0.342 e. The Morgan fingerprint density at radius 1 is 1.10 bits per heavy atom. The molecule has 1 spiro atoms. The van der Waals surface area contributed by atoms with Crippen LogP contribution in [0.1, 0.15) is 57.8 Å². The average molecular weight is 276 g/mol. The van der Waals surface area contributed by atoms with Crippen molar-refractivity contribution in [3.05, 3.63) is 0 Å². The molecule has 4 heteroatoms. The van der Waals surface area contributed by atoms with Gasteiger partial charge in [-0.2, -0.15) is 0 Å². The second-order valence-electron chi connectivity index (χ2n) is 7.25. The van der Waals surface area contributed by atoms with Gasteiger partial charge in [-0.1, -0.05) is 25.7 Å². The zero-order valence-electron chi connectivity index (χ0n) is 12.1. The summed E-state index contributed by atoms with van der Waals surface area (Å²) in [5, 5.41) is 3.06. The first kappa shape index (κ1) is 12.7. The van der Waals surface area contributed by atoms with Crippen LogP contribution in [0.25, 0.3) is 0 Å². The fraction of sp³-hybridized carbons (Fsp3) is 0.875. The van der Waals surface area contributed by atoms with Crippen molar-refractivity contribution in [2.75, 3.05) is 6.54 Å². The molecule has 0 radical (unpaired) electrons. The van der Waals surface area contributed by atoms with Gasteiger partial charge >= 0.3 is 0 Å². The Morgan fingerprint density at radius 3 is 2.40 bits per heavy atom. The molecule has 4 fully saturated rings. The molecule has 4 nitrogen and oxygen atoms in total. The first-order valence-corrected chi connectivity index (χ1v) is 8.33. The van der Waals surface area contributed by atoms with Crippen LogP contribution in [0.3, 0.4) is 0 Å². The van der Waals surface area contributed by atoms with Crippen LogP contribution in [-0.4, -0.2) is 34.8 Å². The molecule has 1 atom stereocenters. The SMILES string of the molecule is O=C1C(C2CC2)NC(=O)C2(CCCC2)N1CCC1CC1. The summed E-state index contributed by atoms with van der Waals surface area (Å²) in [6.45, 7) is 0.806. The number of hydrogen-bond acceptors (Lipinski definition) is 2. The lowest BCUT2D eigenvalue weighted by atomic mass is 9.88. The molecule has 3 saturated carbocycles. The van der Waals surface area contributed by atoms with E-state index < -0.39 is 5.54 Å². The predicted octanol–water partition coefficient (Wildman–Crippen LogP) is 1.84. The molecule has 4 rings (SSSR count). The van der Waals surface area contributed by atoms with Gasteiger partial charge in [0.1, 0.15) is 11.6 Å². The van der Waals surface area contributed by atoms with Crippen LogP contribution in [0.2, 0.25) is 0 Å². The Hall–Kier alpha value is -1.06. The van der Waals surface area contributed by atoms with Gasteiger partial charge in [0.25, 0.3) is 0 Å². The molecule has 0 aromatic carbocycles. The Kier molecular flexibility index (Phi) is 2.83. The Morgan fingerprint density at radius 2 is 1.80 bits per heavy atom. The molecule has 0 bridgehead atoms. The molecule has 1 aliphatic heterocycles. The van der Waals surface area contributed by atoms with Gasteiger partial charge in [-0.25, -0.2) is 0 Å². The van der Waals surface area contributed by atoms with Crippen LogP contribution in [0.5, 0.6) is 0 Å². The molecule has 1 unspecified atom stereocenters. The molecule has 4 aliphatic rings. The van der Waals surface area contributed by atoms with Crippen molar-refractivity contribution in [3.63, 3.8) is 0 Å². The third-order valence-corrected chi connectivity index (χ3v) is 5.74. The summed E-state index contributed by atoms with van der Waals surface area (Å²) in [4.78, 5) is 27.5. The van der Waals surface area contributed by atoms with E-state index in [1.807, 2.05) is 4.90 Å². The Balaban J connectivity index is 1.58. The van der Waals surface area contributed by atoms with Gasteiger partial charge in [-0.15, -0.1) is 0 Å². The maximum Gasteiger partial charge on any atom is 0.246 e. The van der Waals surface area contributed by atoms with Gasteiger partial charge in [-0.3, -0.25) is 9.59 Å². The molecule has 0 aromatic rings. The highest BCUT2D eigenvalue weighted by atomic mass is 16.2. The van der Waals surface area contributed by atoms with Crippen LogP contribution >= 0.6 is 0 Å². The van der Waals surface area contributed by atoms with Gasteiger partial charge < -0.3 is 10.2 Å². The number of carbonyl (C=O) groups excluding carboxylic acids is 2. The van der Waals surface area contributed by atoms with Crippen LogP contribution in [0.4, 0.5) is 0 Å². The molecule has 0 aromatic heterocycles. The summed E-state index contributed by atoms with van der Waals surface area (Å²) in [6.07, 6.45) is 9.81. The highest BCUT2D eigenvalue weighted by Gasteiger charge is 2.56. The summed E-state index contributed by atoms with van der Waals surface area (Å²) in [7, 11) is 0. The van der Waals surface area contributed by atoms with Crippen LogP contribution < -0.4 is 5.32 Å². The standard InChI is InChI=1S/C16H24N2O2/c19-14-13(12-5-6-12)17-15(20)16(8-1-2-9-16)18(14)10-7-11-3-4-11/h11-13H,1-10H2,(H,17,20). The van der Waals surface area contributed by atoms with E-state index >= 15 is 0 Å². The molecule has 1 N–H and O–H groups in total. The van der Waals surface area contributed by atoms with Crippen molar-refractivity contribution >= 4 is 11.8 Å². The number of piperazine rings is 1. The van der Waals surface area contributed by atoms with Crippen LogP contribution in [0.15, 0.2) is 0 Å². The lowest BCUT2D eigenvalue weighted by Gasteiger charge is -2.46. The highest BCUT2D eigenvalue weighted by Crippen LogP contribution is 2.43. The quantitative estimate of drug-likeness (QED) is 0.851. The summed E-state index contributed by atoms with van der Waals surface area (Å²) in [5.74, 6) is 1.58. The topological polar surface area (TPSA) is 49.4 Å². The lowest BCUT2D eigenvalue weighted by molar-refractivity contribution is -0.158. The number of amides is 2. The molecule has 3 aliphatic carbocycles. The van der Waals surface area contributed by atoms with Crippen molar-refractivity contribution < 1.29 is 9.59 Å². The lowest BCUT2D eigenvalue weighted by Crippen LogP contribution is -2.70. The van der Waals surface area contributed by atoms with E-state index in [9.17, 15) is 9.59 Å². The third kappa shape index (κ3) is 1.95. The van der Waals surface area contributed by atoms with Crippen molar-refractivity contribution in [1.29, 1.82) is 0 Å². The van der Waals surface area contributed by atoms with Gasteiger partial charge in [0.05, 0.1) is 0 Å². The predicted molar refractivity (Wildman–Crippen MR) is 74.9 cm³/mol. The van der Waals surface area contributed by atoms with E-state index in [0.717, 1.165) is 57.4 Å². The fourth-order valence-corrected chi connectivity index (χ4v) is 4.09. The Labute approximate surface area is 120 Å². The Bertz CT molecular complexity index is 434. The maximum atomic E-state index is 12.9. The van der Waals surface area contributed by atoms with Crippen molar-refractivity contribution in [2.24, 2.45) is 11.8 Å². The van der Waals surface area contributed by atoms with Crippen LogP contribution in [0, 0.1) is 11.8 Å². The normalized spacial score (nSPS) is 32.8. The number of nitrogens with one attached hydrogen (secondary N) is 1. The first-order chi connectivity index (χ1) is 9.71. The monoisotopic (exact) mass is 276 g/mol. The zero-order chi connectivity index (χ0) is 13.7. The third-order valence-electron chi connectivity index (χ3n) is 5.74. The molecule has 2 amide bonds. The molecule has 1 heterocycles. The van der Waals surface area contributed by atoms with E-state index in [4.69, 9.17) is 0 Å². The molecule has 110 valence electrons. The zero-order valence-corrected chi connectivity index (χ0v) is 12.1. The van der Waals surface area contributed by atoms with E-state index in [-0.39, 0.29) is 17.9 Å². The number of rotatable bonds is 4. The minimum absolute atomic E-state index is 0.141. The number of nitrogens with zero attached hydrogens (tertiary/aromatic N) is 1. The number of hydrogen-bond donors (Lipinski definition) is 1. The molecular formula is C16H24N2O2. The molecular weight excluding hydrogens is 252 g/mol. The summed E-state index contributed by atoms with van der Waals surface area (Å²) < 4.78 is 0. The van der Waals surface area contributed by atoms with Crippen LogP contribution in [-0.2, 0) is 9.59 Å². The summed E-state index contributed by atoms with van der Waals surface area (Å²) in [5.41, 5.74) is -0.489. The molecule has 20 heavy (non-hydrogen) atoms. The van der Waals surface area contributed by atoms with Crippen molar-refractivity contribution in [1.82, 2.24) is 10.2 Å². The van der Waals surface area contributed by atoms with Gasteiger partial charge in [0.2, 0.25) is 11.8 Å². The van der Waals surface area contributed by atoms with E-state index in [0.29, 0.717) is 5.92 Å². The summed E-state index contributed by atoms with van der Waals surface area (Å²) >= 11 is 0. The smallest absolute Gasteiger partial charge is 0.246 e. The maximum absolute atomic E-state index is 12.9. The van der Waals surface area contributed by atoms with Gasteiger partial charge in [0, 0.05) is 6.54 Å². The van der Waals surface area contributed by atoms with Gasteiger partial charge in [-0.05, 0) is 43.9 Å². The highest BCUT2D eigenvalue weighted by molar-refractivity contribution is 6.00.